The van der Waals surface area contributed by atoms with Crippen molar-refractivity contribution in [3.8, 4) is 0 Å². The lowest BCUT2D eigenvalue weighted by Gasteiger charge is -2.29. The zero-order valence-electron chi connectivity index (χ0n) is 12.7. The molecule has 1 heterocycles. The van der Waals surface area contributed by atoms with Gasteiger partial charge in [0.1, 0.15) is 11.9 Å². The van der Waals surface area contributed by atoms with E-state index in [1.807, 2.05) is 42.5 Å². The predicted octanol–water partition coefficient (Wildman–Crippen LogP) is 1.83. The predicted molar refractivity (Wildman–Crippen MR) is 92.1 cm³/mol. The minimum absolute atomic E-state index is 0.0747. The Bertz CT molecular complexity index is 614. The molecule has 1 aromatic rings. The number of benzene rings is 1. The van der Waals surface area contributed by atoms with E-state index in [1.54, 1.807) is 11.0 Å². The zero-order chi connectivity index (χ0) is 16.7. The van der Waals surface area contributed by atoms with Crippen molar-refractivity contribution < 1.29 is 14.7 Å². The van der Waals surface area contributed by atoms with Gasteiger partial charge < -0.3 is 10.4 Å². The Balaban J connectivity index is 2.08. The number of carbonyl (C=O) groups is 2. The van der Waals surface area contributed by atoms with Crippen LogP contribution in [0.15, 0.2) is 54.4 Å². The van der Waals surface area contributed by atoms with Crippen LogP contribution in [0.2, 0.25) is 0 Å². The molecule has 1 aromatic carbocycles. The normalized spacial score (nSPS) is 15.0. The van der Waals surface area contributed by atoms with E-state index < -0.39 is 12.0 Å². The summed E-state index contributed by atoms with van der Waals surface area (Å²) in [5, 5.41) is 12.2. The fraction of sp³-hybridized carbons (Fsp3) is 0.294. The van der Waals surface area contributed by atoms with E-state index in [4.69, 9.17) is 0 Å². The number of amides is 1. The maximum atomic E-state index is 12.5. The van der Waals surface area contributed by atoms with Crippen LogP contribution in [0.25, 0.3) is 0 Å². The molecule has 0 saturated heterocycles. The lowest BCUT2D eigenvalue weighted by molar-refractivity contribution is -0.140. The molecule has 2 rings (SSSR count). The third-order valence-corrected chi connectivity index (χ3v) is 3.76. The van der Waals surface area contributed by atoms with Crippen LogP contribution in [0.1, 0.15) is 12.0 Å². The number of nitrogens with zero attached hydrogens (tertiary/aromatic N) is 1. The Morgan fingerprint density at radius 1 is 1.30 bits per heavy atom. The summed E-state index contributed by atoms with van der Waals surface area (Å²) in [5.41, 5.74) is 0.927. The quantitative estimate of drug-likeness (QED) is 0.666. The van der Waals surface area contributed by atoms with Gasteiger partial charge in [0, 0.05) is 6.54 Å². The molecular formula is C17H20N2O3S. The molecule has 0 saturated carbocycles. The van der Waals surface area contributed by atoms with E-state index in [0.29, 0.717) is 24.5 Å². The van der Waals surface area contributed by atoms with Gasteiger partial charge in [-0.15, -0.1) is 0 Å². The Morgan fingerprint density at radius 2 is 2.04 bits per heavy atom. The van der Waals surface area contributed by atoms with Crippen molar-refractivity contribution in [3.05, 3.63) is 59.9 Å². The summed E-state index contributed by atoms with van der Waals surface area (Å²) in [7, 11) is 0. The molecule has 0 aromatic heterocycles. The molecule has 23 heavy (non-hydrogen) atoms. The van der Waals surface area contributed by atoms with Gasteiger partial charge in [-0.25, -0.2) is 4.79 Å². The molecule has 0 fully saturated rings. The maximum absolute atomic E-state index is 12.5. The first-order valence-electron chi connectivity index (χ1n) is 7.43. The van der Waals surface area contributed by atoms with Crippen LogP contribution in [0, 0.1) is 0 Å². The number of carbonyl (C=O) groups excluding carboxylic acids is 1. The van der Waals surface area contributed by atoms with Gasteiger partial charge in [0.15, 0.2) is 0 Å². The maximum Gasteiger partial charge on any atom is 0.326 e. The van der Waals surface area contributed by atoms with Gasteiger partial charge in [-0.3, -0.25) is 9.69 Å². The summed E-state index contributed by atoms with van der Waals surface area (Å²) in [4.78, 5) is 25.4. The molecule has 1 aliphatic heterocycles. The van der Waals surface area contributed by atoms with Crippen molar-refractivity contribution in [2.45, 2.75) is 18.9 Å². The van der Waals surface area contributed by atoms with E-state index >= 15 is 0 Å². The first-order valence-corrected chi connectivity index (χ1v) is 8.06. The third kappa shape index (κ3) is 4.89. The second-order valence-electron chi connectivity index (χ2n) is 5.19. The number of thiol groups is 1. The monoisotopic (exact) mass is 332 g/mol. The molecule has 122 valence electrons. The van der Waals surface area contributed by atoms with Crippen molar-refractivity contribution in [3.63, 3.8) is 0 Å². The van der Waals surface area contributed by atoms with Gasteiger partial charge in [-0.05, 0) is 23.8 Å². The molecule has 0 spiro atoms. The molecule has 2 N–H and O–H groups in total. The van der Waals surface area contributed by atoms with Crippen LogP contribution >= 0.6 is 12.6 Å². The molecule has 0 bridgehead atoms. The molecule has 1 aliphatic rings. The molecule has 0 radical (unpaired) electrons. The topological polar surface area (TPSA) is 69.6 Å². The first kappa shape index (κ1) is 17.1. The van der Waals surface area contributed by atoms with Gasteiger partial charge in [0.2, 0.25) is 5.91 Å². The Morgan fingerprint density at radius 3 is 2.70 bits per heavy atom. The number of hydrogen-bond acceptors (Lipinski definition) is 4. The minimum atomic E-state index is -0.954. The average molecular weight is 332 g/mol. The summed E-state index contributed by atoms with van der Waals surface area (Å²) in [6.07, 6.45) is 6.05. The Labute approximate surface area is 141 Å². The summed E-state index contributed by atoms with van der Waals surface area (Å²) in [6.45, 7) is 0.428. The second kappa shape index (κ2) is 8.43. The van der Waals surface area contributed by atoms with Crippen LogP contribution in [0.3, 0.4) is 0 Å². The number of carboxylic acids is 1. The van der Waals surface area contributed by atoms with Gasteiger partial charge >= 0.3 is 5.97 Å². The number of aliphatic carboxylic acids is 1. The highest BCUT2D eigenvalue weighted by Gasteiger charge is 2.24. The molecule has 1 amide bonds. The van der Waals surface area contributed by atoms with Crippen LogP contribution in [0.5, 0.6) is 0 Å². The van der Waals surface area contributed by atoms with Crippen molar-refractivity contribution in [2.75, 3.05) is 12.3 Å². The van der Waals surface area contributed by atoms with Crippen molar-refractivity contribution in [1.82, 2.24) is 10.2 Å². The average Bonchev–Trinajstić information content (AvgIpc) is 2.55. The van der Waals surface area contributed by atoms with Crippen LogP contribution in [-0.2, 0) is 16.0 Å². The molecular weight excluding hydrogens is 312 g/mol. The van der Waals surface area contributed by atoms with Crippen molar-refractivity contribution in [1.29, 1.82) is 0 Å². The summed E-state index contributed by atoms with van der Waals surface area (Å²) in [5.74, 6) is -0.0627. The first-order chi connectivity index (χ1) is 11.1. The summed E-state index contributed by atoms with van der Waals surface area (Å²) < 4.78 is 0. The molecule has 0 unspecified atom stereocenters. The largest absolute Gasteiger partial charge is 0.480 e. The molecule has 0 aliphatic carbocycles. The minimum Gasteiger partial charge on any atom is -0.480 e. The van der Waals surface area contributed by atoms with E-state index in [9.17, 15) is 14.7 Å². The van der Waals surface area contributed by atoms with E-state index in [-0.39, 0.29) is 12.3 Å². The fourth-order valence-electron chi connectivity index (χ4n) is 2.31. The smallest absolute Gasteiger partial charge is 0.326 e. The fourth-order valence-corrected chi connectivity index (χ4v) is 2.57. The molecule has 5 nitrogen and oxygen atoms in total. The van der Waals surface area contributed by atoms with Crippen LogP contribution in [0.4, 0.5) is 0 Å². The summed E-state index contributed by atoms with van der Waals surface area (Å²) in [6, 6.07) is 8.71. The van der Waals surface area contributed by atoms with E-state index in [0.717, 1.165) is 5.56 Å². The van der Waals surface area contributed by atoms with Gasteiger partial charge in [-0.2, -0.15) is 12.6 Å². The SMILES string of the molecule is O=C(O)[C@H](CCS)NC1=CC=CCN1C(=O)Cc1ccccc1. The highest BCUT2D eigenvalue weighted by Crippen LogP contribution is 2.13. The standard InChI is InChI=1S/C17H20N2O3S/c20-16(12-13-6-2-1-3-7-13)19-10-5-4-8-15(19)18-14(9-11-23)17(21)22/h1-8,14,18,23H,9-12H2,(H,21,22)/t14-/m0/s1. The zero-order valence-corrected chi connectivity index (χ0v) is 13.6. The van der Waals surface area contributed by atoms with Crippen LogP contribution in [-0.4, -0.2) is 40.2 Å². The van der Waals surface area contributed by atoms with E-state index in [1.165, 1.54) is 0 Å². The highest BCUT2D eigenvalue weighted by atomic mass is 32.1. The molecule has 1 atom stereocenters. The van der Waals surface area contributed by atoms with E-state index in [2.05, 4.69) is 17.9 Å². The highest BCUT2D eigenvalue weighted by molar-refractivity contribution is 7.80. The number of nitrogens with one attached hydrogen (secondary N) is 1. The molecule has 6 heteroatoms. The summed E-state index contributed by atoms with van der Waals surface area (Å²) >= 11 is 4.08. The third-order valence-electron chi connectivity index (χ3n) is 3.51. The second-order valence-corrected chi connectivity index (χ2v) is 5.64. The van der Waals surface area contributed by atoms with Gasteiger partial charge in [0.25, 0.3) is 0 Å². The number of allylic oxidation sites excluding steroid dienone is 2. The number of carboxylic acid groups (broad SMARTS) is 1. The Hall–Kier alpha value is -2.21. The van der Waals surface area contributed by atoms with Gasteiger partial charge in [-0.1, -0.05) is 42.5 Å². The van der Waals surface area contributed by atoms with Crippen molar-refractivity contribution in [2.24, 2.45) is 0 Å². The lowest BCUT2D eigenvalue weighted by Crippen LogP contribution is -2.45. The number of hydrogen-bond donors (Lipinski definition) is 3. The van der Waals surface area contributed by atoms with Crippen molar-refractivity contribution >= 4 is 24.5 Å². The van der Waals surface area contributed by atoms with Gasteiger partial charge in [0.05, 0.1) is 6.42 Å². The van der Waals surface area contributed by atoms with Crippen LogP contribution < -0.4 is 5.32 Å². The number of rotatable bonds is 7. The Kier molecular flexibility index (Phi) is 6.29. The lowest BCUT2D eigenvalue weighted by atomic mass is 10.1.